The lowest BCUT2D eigenvalue weighted by atomic mass is 10.2. The molecule has 0 saturated carbocycles. The number of hydrogen-bond acceptors (Lipinski definition) is 2. The van der Waals surface area contributed by atoms with E-state index in [1.807, 2.05) is 0 Å². The Bertz CT molecular complexity index is 485. The molecule has 2 rings (SSSR count). The van der Waals surface area contributed by atoms with Gasteiger partial charge in [-0.25, -0.2) is 4.39 Å². The summed E-state index contributed by atoms with van der Waals surface area (Å²) in [6, 6.07) is 6.19. The van der Waals surface area contributed by atoms with Gasteiger partial charge in [-0.15, -0.1) is 0 Å². The predicted octanol–water partition coefficient (Wildman–Crippen LogP) is 3.16. The first kappa shape index (κ1) is 8.94. The van der Waals surface area contributed by atoms with Crippen molar-refractivity contribution in [1.82, 2.24) is 0 Å². The van der Waals surface area contributed by atoms with Gasteiger partial charge in [0.15, 0.2) is 22.9 Å². The molecule has 0 spiro atoms. The largest absolute Gasteiger partial charge is 0.450 e. The molecular weight excluding hydrogens is 183 g/mol. The van der Waals surface area contributed by atoms with Crippen LogP contribution < -0.4 is 0 Å². The van der Waals surface area contributed by atoms with E-state index >= 15 is 0 Å². The van der Waals surface area contributed by atoms with Crippen LogP contribution in [0.3, 0.4) is 0 Å². The van der Waals surface area contributed by atoms with E-state index in [1.54, 1.807) is 25.1 Å². The van der Waals surface area contributed by atoms with Crippen molar-refractivity contribution >= 4 is 16.8 Å². The quantitative estimate of drug-likeness (QED) is 0.684. The lowest BCUT2D eigenvalue weighted by Crippen LogP contribution is -1.92. The maximum absolute atomic E-state index is 13.2. The molecule has 1 heterocycles. The summed E-state index contributed by atoms with van der Waals surface area (Å²) in [4.78, 5) is 11.3. The van der Waals surface area contributed by atoms with Crippen LogP contribution in [0.2, 0.25) is 0 Å². The molecule has 0 radical (unpaired) electrons. The van der Waals surface area contributed by atoms with E-state index in [0.29, 0.717) is 11.8 Å². The van der Waals surface area contributed by atoms with E-state index in [9.17, 15) is 9.18 Å². The van der Waals surface area contributed by atoms with Crippen LogP contribution in [0.15, 0.2) is 28.7 Å². The first-order chi connectivity index (χ1) is 6.72. The molecule has 0 atom stereocenters. The van der Waals surface area contributed by atoms with E-state index in [0.717, 1.165) is 0 Å². The molecule has 1 aromatic heterocycles. The number of hydrogen-bond donors (Lipinski definition) is 0. The highest BCUT2D eigenvalue weighted by atomic mass is 19.1. The van der Waals surface area contributed by atoms with E-state index in [4.69, 9.17) is 4.42 Å². The summed E-state index contributed by atoms with van der Waals surface area (Å²) in [7, 11) is 0. The molecule has 14 heavy (non-hydrogen) atoms. The molecule has 0 unspecified atom stereocenters. The molecule has 0 aliphatic heterocycles. The van der Waals surface area contributed by atoms with Gasteiger partial charge < -0.3 is 4.42 Å². The molecule has 2 nitrogen and oxygen atoms in total. The Kier molecular flexibility index (Phi) is 2.08. The molecule has 0 amide bonds. The minimum atomic E-state index is -0.433. The Balaban J connectivity index is 2.62. The van der Waals surface area contributed by atoms with Gasteiger partial charge >= 0.3 is 0 Å². The Labute approximate surface area is 80.3 Å². The molecule has 0 aliphatic rings. The highest BCUT2D eigenvalue weighted by Gasteiger charge is 2.12. The number of furan rings is 1. The van der Waals surface area contributed by atoms with E-state index < -0.39 is 5.82 Å². The fraction of sp³-hybridized carbons (Fsp3) is 0.182. The normalized spacial score (nSPS) is 10.7. The second-order valence-electron chi connectivity index (χ2n) is 3.05. The molecule has 1 aromatic carbocycles. The zero-order chi connectivity index (χ0) is 10.1. The highest BCUT2D eigenvalue weighted by molar-refractivity contribution is 5.97. The monoisotopic (exact) mass is 192 g/mol. The molecular formula is C11H9FO2. The van der Waals surface area contributed by atoms with E-state index in [2.05, 4.69) is 0 Å². The summed E-state index contributed by atoms with van der Waals surface area (Å²) < 4.78 is 18.3. The van der Waals surface area contributed by atoms with Crippen LogP contribution in [0.4, 0.5) is 4.39 Å². The van der Waals surface area contributed by atoms with Crippen molar-refractivity contribution in [2.45, 2.75) is 13.3 Å². The van der Waals surface area contributed by atoms with Gasteiger partial charge in [0.1, 0.15) is 0 Å². The number of ketones is 1. The predicted molar refractivity (Wildman–Crippen MR) is 50.8 cm³/mol. The van der Waals surface area contributed by atoms with Crippen LogP contribution in [0.25, 0.3) is 11.0 Å². The Morgan fingerprint density at radius 3 is 2.93 bits per heavy atom. The lowest BCUT2D eigenvalue weighted by molar-refractivity contribution is 0.0963. The molecule has 0 fully saturated rings. The number of fused-ring (bicyclic) bond motifs is 1. The first-order valence-electron chi connectivity index (χ1n) is 4.43. The number of Topliss-reactive ketones (excluding diaryl/α,β-unsaturated/α-hetero) is 1. The van der Waals surface area contributed by atoms with Gasteiger partial charge in [-0.1, -0.05) is 19.1 Å². The third kappa shape index (κ3) is 1.31. The summed E-state index contributed by atoms with van der Waals surface area (Å²) >= 11 is 0. The van der Waals surface area contributed by atoms with Crippen molar-refractivity contribution in [3.05, 3.63) is 35.8 Å². The molecule has 3 heteroatoms. The summed E-state index contributed by atoms with van der Waals surface area (Å²) in [6.07, 6.45) is 0.363. The molecule has 2 aromatic rings. The van der Waals surface area contributed by atoms with Crippen molar-refractivity contribution < 1.29 is 13.6 Å². The molecule has 72 valence electrons. The van der Waals surface area contributed by atoms with Crippen LogP contribution in [-0.4, -0.2) is 5.78 Å². The van der Waals surface area contributed by atoms with Crippen molar-refractivity contribution in [2.75, 3.05) is 0 Å². The second kappa shape index (κ2) is 3.25. The summed E-state index contributed by atoms with van der Waals surface area (Å²) in [6.45, 7) is 1.74. The fourth-order valence-electron chi connectivity index (χ4n) is 1.34. The molecule has 0 aliphatic carbocycles. The Hall–Kier alpha value is -1.64. The first-order valence-corrected chi connectivity index (χ1v) is 4.43. The van der Waals surface area contributed by atoms with Gasteiger partial charge in [-0.3, -0.25) is 4.79 Å². The maximum atomic E-state index is 13.2. The molecule has 0 N–H and O–H groups in total. The van der Waals surface area contributed by atoms with Gasteiger partial charge in [-0.05, 0) is 12.1 Å². The number of rotatable bonds is 2. The number of para-hydroxylation sites is 1. The number of carbonyl (C=O) groups excluding carboxylic acids is 1. The third-order valence-corrected chi connectivity index (χ3v) is 2.09. The lowest BCUT2D eigenvalue weighted by Gasteiger charge is -1.89. The fourth-order valence-corrected chi connectivity index (χ4v) is 1.34. The topological polar surface area (TPSA) is 30.2 Å². The summed E-state index contributed by atoms with van der Waals surface area (Å²) in [5, 5.41) is 0.627. The van der Waals surface area contributed by atoms with Gasteiger partial charge in [0.05, 0.1) is 0 Å². The van der Waals surface area contributed by atoms with Gasteiger partial charge in [0.25, 0.3) is 0 Å². The Morgan fingerprint density at radius 2 is 2.29 bits per heavy atom. The van der Waals surface area contributed by atoms with Crippen LogP contribution in [0.5, 0.6) is 0 Å². The van der Waals surface area contributed by atoms with Crippen molar-refractivity contribution in [1.29, 1.82) is 0 Å². The van der Waals surface area contributed by atoms with Gasteiger partial charge in [0, 0.05) is 11.8 Å². The van der Waals surface area contributed by atoms with Crippen LogP contribution >= 0.6 is 0 Å². The standard InChI is InChI=1S/C11H9FO2/c1-2-9(13)10-6-7-4-3-5-8(12)11(7)14-10/h3-6H,2H2,1H3. The summed E-state index contributed by atoms with van der Waals surface area (Å²) in [5.41, 5.74) is 0.157. The van der Waals surface area contributed by atoms with Crippen LogP contribution in [-0.2, 0) is 0 Å². The van der Waals surface area contributed by atoms with Gasteiger partial charge in [0.2, 0.25) is 0 Å². The zero-order valence-electron chi connectivity index (χ0n) is 7.71. The third-order valence-electron chi connectivity index (χ3n) is 2.09. The van der Waals surface area contributed by atoms with E-state index in [1.165, 1.54) is 6.07 Å². The second-order valence-corrected chi connectivity index (χ2v) is 3.05. The zero-order valence-corrected chi connectivity index (χ0v) is 7.71. The van der Waals surface area contributed by atoms with Crippen molar-refractivity contribution in [2.24, 2.45) is 0 Å². The minimum Gasteiger partial charge on any atom is -0.450 e. The number of halogens is 1. The molecule has 0 saturated heterocycles. The van der Waals surface area contributed by atoms with E-state index in [-0.39, 0.29) is 17.1 Å². The SMILES string of the molecule is CCC(=O)c1cc2cccc(F)c2o1. The minimum absolute atomic E-state index is 0.111. The molecule has 0 bridgehead atoms. The number of benzene rings is 1. The average molecular weight is 192 g/mol. The Morgan fingerprint density at radius 1 is 1.50 bits per heavy atom. The smallest absolute Gasteiger partial charge is 0.197 e. The summed E-state index contributed by atoms with van der Waals surface area (Å²) in [5.74, 6) is -0.314. The highest BCUT2D eigenvalue weighted by Crippen LogP contribution is 2.22. The maximum Gasteiger partial charge on any atom is 0.197 e. The van der Waals surface area contributed by atoms with Crippen molar-refractivity contribution in [3.8, 4) is 0 Å². The van der Waals surface area contributed by atoms with Crippen LogP contribution in [0, 0.1) is 5.82 Å². The van der Waals surface area contributed by atoms with Crippen LogP contribution in [0.1, 0.15) is 23.9 Å². The van der Waals surface area contributed by atoms with Gasteiger partial charge in [-0.2, -0.15) is 0 Å². The number of carbonyl (C=O) groups is 1. The van der Waals surface area contributed by atoms with Crippen molar-refractivity contribution in [3.63, 3.8) is 0 Å². The average Bonchev–Trinajstić information content (AvgIpc) is 2.62.